The van der Waals surface area contributed by atoms with Crippen molar-refractivity contribution in [3.05, 3.63) is 101 Å². The zero-order valence-corrected chi connectivity index (χ0v) is 17.0. The summed E-state index contributed by atoms with van der Waals surface area (Å²) in [6, 6.07) is 23.3. The van der Waals surface area contributed by atoms with Gasteiger partial charge in [-0.05, 0) is 30.7 Å². The van der Waals surface area contributed by atoms with E-state index in [4.69, 9.17) is 21.3 Å². The van der Waals surface area contributed by atoms with Crippen molar-refractivity contribution < 1.29 is 14.3 Å². The van der Waals surface area contributed by atoms with Gasteiger partial charge in [0, 0.05) is 21.5 Å². The van der Waals surface area contributed by atoms with Crippen LogP contribution >= 0.6 is 11.6 Å². The van der Waals surface area contributed by atoms with E-state index in [0.29, 0.717) is 32.7 Å². The summed E-state index contributed by atoms with van der Waals surface area (Å²) in [5, 5.41) is 1.31. The molecule has 0 unspecified atom stereocenters. The van der Waals surface area contributed by atoms with Crippen LogP contribution in [0.25, 0.3) is 22.2 Å². The van der Waals surface area contributed by atoms with Crippen LogP contribution in [0.5, 0.6) is 0 Å². The first kappa shape index (κ1) is 19.8. The van der Waals surface area contributed by atoms with Gasteiger partial charge in [-0.3, -0.25) is 4.79 Å². The Balaban J connectivity index is 1.70. The highest BCUT2D eigenvalue weighted by Crippen LogP contribution is 2.28. The first-order chi connectivity index (χ1) is 14.5. The van der Waals surface area contributed by atoms with Crippen LogP contribution in [0.2, 0.25) is 5.02 Å². The quantitative estimate of drug-likeness (QED) is 0.300. The Morgan fingerprint density at radius 1 is 0.933 bits per heavy atom. The Kier molecular flexibility index (Phi) is 5.59. The van der Waals surface area contributed by atoms with Crippen LogP contribution in [0, 0.1) is 6.92 Å². The van der Waals surface area contributed by atoms with Crippen molar-refractivity contribution in [2.75, 3.05) is 6.61 Å². The van der Waals surface area contributed by atoms with Gasteiger partial charge in [-0.15, -0.1) is 0 Å². The summed E-state index contributed by atoms with van der Waals surface area (Å²) >= 11 is 6.00. The second-order valence-corrected chi connectivity index (χ2v) is 7.33. The number of pyridine rings is 1. The molecule has 0 atom stereocenters. The molecule has 4 nitrogen and oxygen atoms in total. The molecule has 1 heterocycles. The van der Waals surface area contributed by atoms with Crippen molar-refractivity contribution in [1.82, 2.24) is 4.98 Å². The van der Waals surface area contributed by atoms with Crippen LogP contribution in [-0.2, 0) is 4.74 Å². The van der Waals surface area contributed by atoms with Crippen molar-refractivity contribution in [1.29, 1.82) is 0 Å². The van der Waals surface area contributed by atoms with Crippen LogP contribution < -0.4 is 0 Å². The van der Waals surface area contributed by atoms with Gasteiger partial charge in [0.2, 0.25) is 0 Å². The lowest BCUT2D eigenvalue weighted by Crippen LogP contribution is -2.15. The van der Waals surface area contributed by atoms with E-state index in [0.717, 1.165) is 11.1 Å². The van der Waals surface area contributed by atoms with Crippen LogP contribution in [0.15, 0.2) is 78.9 Å². The zero-order valence-electron chi connectivity index (χ0n) is 16.3. The van der Waals surface area contributed by atoms with Crippen LogP contribution in [-0.4, -0.2) is 23.3 Å². The van der Waals surface area contributed by atoms with Gasteiger partial charge in [0.1, 0.15) is 0 Å². The molecule has 0 saturated carbocycles. The van der Waals surface area contributed by atoms with Gasteiger partial charge in [-0.25, -0.2) is 9.78 Å². The highest BCUT2D eigenvalue weighted by atomic mass is 35.5. The molecule has 0 aliphatic carbocycles. The number of Topliss-reactive ketones (excluding diaryl/α,β-unsaturated/α-hetero) is 1. The summed E-state index contributed by atoms with van der Waals surface area (Å²) in [5.74, 6) is -0.816. The lowest BCUT2D eigenvalue weighted by molar-refractivity contribution is 0.0476. The van der Waals surface area contributed by atoms with Gasteiger partial charge in [-0.1, -0.05) is 72.3 Å². The minimum Gasteiger partial charge on any atom is -0.454 e. The minimum absolute atomic E-state index is 0.253. The molecule has 3 aromatic carbocycles. The van der Waals surface area contributed by atoms with E-state index in [9.17, 15) is 9.59 Å². The number of nitrogens with zero attached hydrogens (tertiary/aromatic N) is 1. The number of hydrogen-bond acceptors (Lipinski definition) is 4. The van der Waals surface area contributed by atoms with E-state index in [-0.39, 0.29) is 12.4 Å². The van der Waals surface area contributed by atoms with Gasteiger partial charge in [-0.2, -0.15) is 0 Å². The molecule has 4 aromatic rings. The molecule has 0 N–H and O–H groups in total. The van der Waals surface area contributed by atoms with Gasteiger partial charge >= 0.3 is 5.97 Å². The maximum atomic E-state index is 12.9. The predicted molar refractivity (Wildman–Crippen MR) is 118 cm³/mol. The molecule has 0 aliphatic rings. The summed E-state index contributed by atoms with van der Waals surface area (Å²) in [6.45, 7) is 1.61. The number of benzene rings is 3. The van der Waals surface area contributed by atoms with Crippen LogP contribution in [0.1, 0.15) is 26.3 Å². The summed E-state index contributed by atoms with van der Waals surface area (Å²) in [5.41, 5.74) is 4.00. The SMILES string of the molecule is Cc1cccc2c(C(=O)OCC(=O)c3ccccc3)cc(-c3ccc(Cl)cc3)nc12. The largest absolute Gasteiger partial charge is 0.454 e. The highest BCUT2D eigenvalue weighted by Gasteiger charge is 2.18. The number of ether oxygens (including phenoxy) is 1. The smallest absolute Gasteiger partial charge is 0.339 e. The molecule has 0 radical (unpaired) electrons. The summed E-state index contributed by atoms with van der Waals surface area (Å²) in [7, 11) is 0. The number of aryl methyl sites for hydroxylation is 1. The number of hydrogen-bond donors (Lipinski definition) is 0. The molecule has 0 spiro atoms. The normalized spacial score (nSPS) is 10.7. The molecule has 1 aromatic heterocycles. The standard InChI is InChI=1S/C25H18ClNO3/c1-16-6-5-9-20-21(25(29)30-15-23(28)18-7-3-2-4-8-18)14-22(27-24(16)20)17-10-12-19(26)13-11-17/h2-14H,15H2,1H3. The second-order valence-electron chi connectivity index (χ2n) is 6.90. The van der Waals surface area contributed by atoms with Crippen LogP contribution in [0.4, 0.5) is 0 Å². The molecular formula is C25H18ClNO3. The molecule has 0 amide bonds. The number of para-hydroxylation sites is 1. The first-order valence-electron chi connectivity index (χ1n) is 9.44. The van der Waals surface area contributed by atoms with E-state index < -0.39 is 5.97 Å². The summed E-state index contributed by atoms with van der Waals surface area (Å²) in [4.78, 5) is 30.0. The maximum absolute atomic E-state index is 12.9. The topological polar surface area (TPSA) is 56.3 Å². The van der Waals surface area contributed by atoms with Crippen molar-refractivity contribution in [3.8, 4) is 11.3 Å². The molecule has 4 rings (SSSR count). The number of fused-ring (bicyclic) bond motifs is 1. The average molecular weight is 416 g/mol. The molecule has 148 valence electrons. The van der Waals surface area contributed by atoms with E-state index in [2.05, 4.69) is 0 Å². The average Bonchev–Trinajstić information content (AvgIpc) is 2.78. The first-order valence-corrected chi connectivity index (χ1v) is 9.82. The van der Waals surface area contributed by atoms with Gasteiger partial charge in [0.25, 0.3) is 0 Å². The van der Waals surface area contributed by atoms with Gasteiger partial charge in [0.05, 0.1) is 16.8 Å². The Morgan fingerprint density at radius 3 is 2.40 bits per heavy atom. The van der Waals surface area contributed by atoms with Crippen LogP contribution in [0.3, 0.4) is 0 Å². The third-order valence-corrected chi connectivity index (χ3v) is 5.08. The number of esters is 1. The minimum atomic E-state index is -0.563. The molecule has 5 heteroatoms. The molecular weight excluding hydrogens is 398 g/mol. The predicted octanol–water partition coefficient (Wildman–Crippen LogP) is 5.90. The molecule has 30 heavy (non-hydrogen) atoms. The lowest BCUT2D eigenvalue weighted by Gasteiger charge is -2.11. The molecule has 0 saturated heterocycles. The number of rotatable bonds is 5. The third kappa shape index (κ3) is 4.09. The Hall–Kier alpha value is -3.50. The lowest BCUT2D eigenvalue weighted by atomic mass is 10.0. The van der Waals surface area contributed by atoms with Crippen molar-refractivity contribution in [3.63, 3.8) is 0 Å². The number of carbonyl (C=O) groups excluding carboxylic acids is 2. The Labute approximate surface area is 179 Å². The number of carbonyl (C=O) groups is 2. The number of aromatic nitrogens is 1. The Bertz CT molecular complexity index is 1230. The molecule has 0 fully saturated rings. The van der Waals surface area contributed by atoms with Crippen molar-refractivity contribution in [2.24, 2.45) is 0 Å². The highest BCUT2D eigenvalue weighted by molar-refractivity contribution is 6.30. The van der Waals surface area contributed by atoms with Gasteiger partial charge < -0.3 is 4.74 Å². The van der Waals surface area contributed by atoms with E-state index in [1.165, 1.54) is 0 Å². The second kappa shape index (κ2) is 8.47. The molecule has 0 bridgehead atoms. The van der Waals surface area contributed by atoms with Crippen molar-refractivity contribution >= 4 is 34.3 Å². The fourth-order valence-electron chi connectivity index (χ4n) is 3.25. The number of ketones is 1. The van der Waals surface area contributed by atoms with Crippen molar-refractivity contribution in [2.45, 2.75) is 6.92 Å². The van der Waals surface area contributed by atoms with Gasteiger partial charge in [0.15, 0.2) is 12.4 Å². The zero-order chi connectivity index (χ0) is 21.1. The summed E-state index contributed by atoms with van der Waals surface area (Å²) in [6.07, 6.45) is 0. The number of halogens is 1. The fraction of sp³-hybridized carbons (Fsp3) is 0.0800. The fourth-order valence-corrected chi connectivity index (χ4v) is 3.37. The molecule has 0 aliphatic heterocycles. The third-order valence-electron chi connectivity index (χ3n) is 4.83. The van der Waals surface area contributed by atoms with E-state index in [1.807, 2.05) is 43.3 Å². The monoisotopic (exact) mass is 415 g/mol. The summed E-state index contributed by atoms with van der Waals surface area (Å²) < 4.78 is 5.36. The maximum Gasteiger partial charge on any atom is 0.339 e. The van der Waals surface area contributed by atoms with E-state index >= 15 is 0 Å². The Morgan fingerprint density at radius 2 is 1.67 bits per heavy atom. The van der Waals surface area contributed by atoms with E-state index in [1.54, 1.807) is 42.5 Å².